The lowest BCUT2D eigenvalue weighted by atomic mass is 10.2. The zero-order valence-electron chi connectivity index (χ0n) is 15.2. The molecule has 0 unspecified atom stereocenters. The minimum Gasteiger partial charge on any atom is -0.465 e. The monoisotopic (exact) mass is 371 g/mol. The Morgan fingerprint density at radius 1 is 1.41 bits per heavy atom. The summed E-state index contributed by atoms with van der Waals surface area (Å²) in [6.45, 7) is 3.78. The lowest BCUT2D eigenvalue weighted by Gasteiger charge is -2.26. The summed E-state index contributed by atoms with van der Waals surface area (Å²) in [5.74, 6) is 0.917. The maximum Gasteiger partial charge on any atom is 0.290 e. The molecule has 0 radical (unpaired) electrons. The standard InChI is InChI=1S/C18H21N5O4/c1-3-26-15-5-4-14(27-15)18(25)22-8-9-23-12(11-22)10-13(20-23)16(24)17-19-6-7-21(17)2/h4-7,10,16,24H,3,8-9,11H2,1-2H3/t16-/m1/s1. The molecule has 1 aliphatic heterocycles. The molecule has 1 atom stereocenters. The van der Waals surface area contributed by atoms with Crippen LogP contribution in [0.1, 0.15) is 40.8 Å². The van der Waals surface area contributed by atoms with Gasteiger partial charge in [0.1, 0.15) is 5.82 Å². The molecule has 27 heavy (non-hydrogen) atoms. The number of furan rings is 1. The number of rotatable bonds is 5. The average Bonchev–Trinajstić information content (AvgIpc) is 3.39. The van der Waals surface area contributed by atoms with E-state index in [1.807, 2.05) is 24.7 Å². The van der Waals surface area contributed by atoms with Gasteiger partial charge in [0.05, 0.1) is 31.1 Å². The summed E-state index contributed by atoms with van der Waals surface area (Å²) in [5.41, 5.74) is 1.37. The van der Waals surface area contributed by atoms with Gasteiger partial charge in [0, 0.05) is 32.1 Å². The minimum atomic E-state index is -0.911. The lowest BCUT2D eigenvalue weighted by molar-refractivity contribution is 0.0665. The van der Waals surface area contributed by atoms with Gasteiger partial charge in [-0.2, -0.15) is 5.10 Å². The van der Waals surface area contributed by atoms with Crippen molar-refractivity contribution in [1.82, 2.24) is 24.2 Å². The molecule has 4 heterocycles. The highest BCUT2D eigenvalue weighted by Gasteiger charge is 2.27. The molecule has 0 aliphatic carbocycles. The second-order valence-corrected chi connectivity index (χ2v) is 6.36. The number of nitrogens with zero attached hydrogens (tertiary/aromatic N) is 5. The fourth-order valence-corrected chi connectivity index (χ4v) is 3.18. The Kier molecular flexibility index (Phi) is 4.44. The smallest absolute Gasteiger partial charge is 0.290 e. The van der Waals surface area contributed by atoms with E-state index in [1.54, 1.807) is 34.0 Å². The molecule has 3 aromatic heterocycles. The maximum absolute atomic E-state index is 12.7. The predicted octanol–water partition coefficient (Wildman–Crippen LogP) is 1.35. The summed E-state index contributed by atoms with van der Waals surface area (Å²) in [6.07, 6.45) is 2.50. The van der Waals surface area contributed by atoms with Crippen molar-refractivity contribution in [1.29, 1.82) is 0 Å². The first-order valence-electron chi connectivity index (χ1n) is 8.80. The third-order valence-corrected chi connectivity index (χ3v) is 4.57. The van der Waals surface area contributed by atoms with Crippen LogP contribution in [0.15, 0.2) is 35.0 Å². The molecule has 0 aromatic carbocycles. The Bertz CT molecular complexity index is 957. The molecule has 1 N–H and O–H groups in total. The first-order chi connectivity index (χ1) is 13.1. The van der Waals surface area contributed by atoms with Crippen LogP contribution in [0.4, 0.5) is 0 Å². The van der Waals surface area contributed by atoms with Crippen molar-refractivity contribution in [3.63, 3.8) is 0 Å². The zero-order valence-corrected chi connectivity index (χ0v) is 15.2. The summed E-state index contributed by atoms with van der Waals surface area (Å²) < 4.78 is 14.3. The third kappa shape index (κ3) is 3.21. The summed E-state index contributed by atoms with van der Waals surface area (Å²) in [5, 5.41) is 15.0. The molecule has 0 saturated carbocycles. The molecule has 142 valence electrons. The molecule has 9 nitrogen and oxygen atoms in total. The summed E-state index contributed by atoms with van der Waals surface area (Å²) in [6, 6.07) is 5.08. The van der Waals surface area contributed by atoms with Crippen LogP contribution in [0.5, 0.6) is 5.95 Å². The van der Waals surface area contributed by atoms with Crippen molar-refractivity contribution >= 4 is 5.91 Å². The van der Waals surface area contributed by atoms with E-state index in [-0.39, 0.29) is 11.7 Å². The van der Waals surface area contributed by atoms with E-state index in [0.717, 1.165) is 5.69 Å². The SMILES string of the molecule is CCOc1ccc(C(=O)N2CCn3nc([C@@H](O)c4nccn4C)cc3C2)o1. The predicted molar refractivity (Wildman–Crippen MR) is 94.1 cm³/mol. The van der Waals surface area contributed by atoms with Crippen LogP contribution in [0.3, 0.4) is 0 Å². The second-order valence-electron chi connectivity index (χ2n) is 6.36. The maximum atomic E-state index is 12.7. The summed E-state index contributed by atoms with van der Waals surface area (Å²) in [4.78, 5) is 18.6. The second kappa shape index (κ2) is 6.92. The van der Waals surface area contributed by atoms with Crippen molar-refractivity contribution in [3.05, 3.63) is 53.6 Å². The quantitative estimate of drug-likeness (QED) is 0.727. The Hall–Kier alpha value is -3.07. The number of carbonyl (C=O) groups is 1. The number of hydrogen-bond acceptors (Lipinski definition) is 6. The number of fused-ring (bicyclic) bond motifs is 1. The van der Waals surface area contributed by atoms with Gasteiger partial charge in [-0.25, -0.2) is 4.98 Å². The third-order valence-electron chi connectivity index (χ3n) is 4.57. The Morgan fingerprint density at radius 3 is 3.00 bits per heavy atom. The van der Waals surface area contributed by atoms with Gasteiger partial charge in [0.15, 0.2) is 11.9 Å². The first-order valence-corrected chi connectivity index (χ1v) is 8.80. The van der Waals surface area contributed by atoms with E-state index < -0.39 is 6.10 Å². The van der Waals surface area contributed by atoms with Crippen molar-refractivity contribution < 1.29 is 19.1 Å². The molecule has 3 aromatic rings. The summed E-state index contributed by atoms with van der Waals surface area (Å²) in [7, 11) is 1.82. The highest BCUT2D eigenvalue weighted by molar-refractivity contribution is 5.91. The van der Waals surface area contributed by atoms with Crippen LogP contribution in [0.2, 0.25) is 0 Å². The van der Waals surface area contributed by atoms with Gasteiger partial charge in [-0.1, -0.05) is 0 Å². The molecule has 0 saturated heterocycles. The molecule has 9 heteroatoms. The van der Waals surface area contributed by atoms with Gasteiger partial charge in [-0.3, -0.25) is 9.48 Å². The Morgan fingerprint density at radius 2 is 2.26 bits per heavy atom. The van der Waals surface area contributed by atoms with Crippen LogP contribution in [0, 0.1) is 0 Å². The van der Waals surface area contributed by atoms with Gasteiger partial charge in [0.25, 0.3) is 11.9 Å². The van der Waals surface area contributed by atoms with Gasteiger partial charge in [0.2, 0.25) is 0 Å². The lowest BCUT2D eigenvalue weighted by Crippen LogP contribution is -2.38. The molecule has 0 spiro atoms. The number of carbonyl (C=O) groups excluding carboxylic acids is 1. The average molecular weight is 371 g/mol. The number of aliphatic hydroxyl groups is 1. The molecular formula is C18H21N5O4. The van der Waals surface area contributed by atoms with Crippen LogP contribution in [0.25, 0.3) is 0 Å². The molecule has 0 bridgehead atoms. The van der Waals surface area contributed by atoms with Crippen LogP contribution in [-0.4, -0.2) is 48.4 Å². The van der Waals surface area contributed by atoms with Crippen molar-refractivity contribution in [2.75, 3.05) is 13.2 Å². The highest BCUT2D eigenvalue weighted by Crippen LogP contribution is 2.24. The van der Waals surface area contributed by atoms with Gasteiger partial charge >= 0.3 is 0 Å². The fraction of sp³-hybridized carbons (Fsp3) is 0.389. The van der Waals surface area contributed by atoms with E-state index in [4.69, 9.17) is 9.15 Å². The van der Waals surface area contributed by atoms with Gasteiger partial charge < -0.3 is 23.7 Å². The largest absolute Gasteiger partial charge is 0.465 e. The number of imidazole rings is 1. The normalized spacial score (nSPS) is 14.9. The Labute approximate surface area is 155 Å². The van der Waals surface area contributed by atoms with Gasteiger partial charge in [-0.15, -0.1) is 0 Å². The van der Waals surface area contributed by atoms with E-state index in [0.29, 0.717) is 43.7 Å². The van der Waals surface area contributed by atoms with Gasteiger partial charge in [-0.05, 0) is 19.1 Å². The summed E-state index contributed by atoms with van der Waals surface area (Å²) >= 11 is 0. The van der Waals surface area contributed by atoms with Crippen molar-refractivity contribution in [3.8, 4) is 5.95 Å². The minimum absolute atomic E-state index is 0.195. The topological polar surface area (TPSA) is 98.5 Å². The number of aryl methyl sites for hydroxylation is 1. The van der Waals surface area contributed by atoms with E-state index in [9.17, 15) is 9.90 Å². The molecule has 0 fully saturated rings. The number of amides is 1. The molecular weight excluding hydrogens is 350 g/mol. The van der Waals surface area contributed by atoms with Crippen LogP contribution < -0.4 is 4.74 Å². The zero-order chi connectivity index (χ0) is 19.0. The number of ether oxygens (including phenoxy) is 1. The van der Waals surface area contributed by atoms with E-state index in [2.05, 4.69) is 10.1 Å². The first kappa shape index (κ1) is 17.3. The molecule has 1 amide bonds. The number of aliphatic hydroxyl groups excluding tert-OH is 1. The number of aromatic nitrogens is 4. The van der Waals surface area contributed by atoms with Crippen molar-refractivity contribution in [2.45, 2.75) is 26.1 Å². The van der Waals surface area contributed by atoms with Crippen LogP contribution in [-0.2, 0) is 20.1 Å². The van der Waals surface area contributed by atoms with E-state index >= 15 is 0 Å². The number of hydrogen-bond donors (Lipinski definition) is 1. The van der Waals surface area contributed by atoms with Crippen LogP contribution >= 0.6 is 0 Å². The van der Waals surface area contributed by atoms with E-state index in [1.165, 1.54) is 0 Å². The van der Waals surface area contributed by atoms with Crippen molar-refractivity contribution in [2.24, 2.45) is 7.05 Å². The Balaban J connectivity index is 1.50. The molecule has 4 rings (SSSR count). The molecule has 1 aliphatic rings. The fourth-order valence-electron chi connectivity index (χ4n) is 3.18. The highest BCUT2D eigenvalue weighted by atomic mass is 16.6.